The minimum atomic E-state index is -0.503. The molecule has 1 N–H and O–H groups in total. The number of benzene rings is 1. The van der Waals surface area contributed by atoms with Gasteiger partial charge in [0.1, 0.15) is 0 Å². The first kappa shape index (κ1) is 12.6. The number of hydrogen-bond acceptors (Lipinski definition) is 2. The molecule has 0 aliphatic carbocycles. The summed E-state index contributed by atoms with van der Waals surface area (Å²) in [5.74, 6) is 1.14. The van der Waals surface area contributed by atoms with Gasteiger partial charge in [0.2, 0.25) is 0 Å². The molecule has 1 rings (SSSR count). The van der Waals surface area contributed by atoms with Crippen LogP contribution in [0.15, 0.2) is 35.2 Å². The van der Waals surface area contributed by atoms with E-state index in [1.54, 1.807) is 0 Å². The summed E-state index contributed by atoms with van der Waals surface area (Å²) in [5.41, 5.74) is -0.503. The van der Waals surface area contributed by atoms with Gasteiger partial charge in [-0.2, -0.15) is 0 Å². The molecule has 0 radical (unpaired) electrons. The Kier molecular flexibility index (Phi) is 5.20. The molecular weight excluding hydrogens is 204 g/mol. The summed E-state index contributed by atoms with van der Waals surface area (Å²) in [6.45, 7) is 3.74. The minimum Gasteiger partial charge on any atom is -0.390 e. The second-order valence-corrected chi connectivity index (χ2v) is 5.60. The summed E-state index contributed by atoms with van der Waals surface area (Å²) in [6.07, 6.45) is 3.16. The number of hydrogen-bond donors (Lipinski definition) is 1. The molecule has 0 fully saturated rings. The highest BCUT2D eigenvalue weighted by Gasteiger charge is 2.10. The lowest BCUT2D eigenvalue weighted by Crippen LogP contribution is -2.17. The Morgan fingerprint density at radius 1 is 1.13 bits per heavy atom. The highest BCUT2D eigenvalue weighted by molar-refractivity contribution is 7.99. The molecule has 0 unspecified atom stereocenters. The number of aliphatic hydroxyl groups is 1. The molecule has 1 aromatic carbocycles. The summed E-state index contributed by atoms with van der Waals surface area (Å²) in [4.78, 5) is 1.33. The van der Waals surface area contributed by atoms with Gasteiger partial charge in [-0.25, -0.2) is 0 Å². The zero-order valence-electron chi connectivity index (χ0n) is 9.57. The second-order valence-electron chi connectivity index (χ2n) is 4.43. The molecular formula is C13H20OS. The van der Waals surface area contributed by atoms with Crippen LogP contribution >= 0.6 is 11.8 Å². The summed E-state index contributed by atoms with van der Waals surface area (Å²) in [7, 11) is 0. The first-order chi connectivity index (χ1) is 7.08. The monoisotopic (exact) mass is 224 g/mol. The third-order valence-electron chi connectivity index (χ3n) is 2.19. The fraction of sp³-hybridized carbons (Fsp3) is 0.538. The van der Waals surface area contributed by atoms with Crippen LogP contribution in [0.1, 0.15) is 33.1 Å². The molecule has 15 heavy (non-hydrogen) atoms. The van der Waals surface area contributed by atoms with Gasteiger partial charge < -0.3 is 5.11 Å². The van der Waals surface area contributed by atoms with Crippen LogP contribution in [0.4, 0.5) is 0 Å². The molecule has 1 nitrogen and oxygen atoms in total. The molecule has 0 bridgehead atoms. The maximum absolute atomic E-state index is 9.53. The molecule has 0 aliphatic heterocycles. The van der Waals surface area contributed by atoms with E-state index in [1.165, 1.54) is 11.3 Å². The van der Waals surface area contributed by atoms with Gasteiger partial charge in [-0.1, -0.05) is 18.2 Å². The summed E-state index contributed by atoms with van der Waals surface area (Å²) >= 11 is 1.89. The Morgan fingerprint density at radius 3 is 2.40 bits per heavy atom. The fourth-order valence-corrected chi connectivity index (χ4v) is 2.30. The highest BCUT2D eigenvalue weighted by Crippen LogP contribution is 2.20. The van der Waals surface area contributed by atoms with Crippen LogP contribution in [0.2, 0.25) is 0 Å². The Balaban J connectivity index is 2.08. The van der Waals surface area contributed by atoms with Crippen LogP contribution in [-0.4, -0.2) is 16.5 Å². The largest absolute Gasteiger partial charge is 0.390 e. The molecule has 0 saturated heterocycles. The van der Waals surface area contributed by atoms with E-state index >= 15 is 0 Å². The lowest BCUT2D eigenvalue weighted by atomic mass is 10.0. The van der Waals surface area contributed by atoms with Crippen molar-refractivity contribution in [3.05, 3.63) is 30.3 Å². The topological polar surface area (TPSA) is 20.2 Å². The van der Waals surface area contributed by atoms with Crippen LogP contribution in [0.25, 0.3) is 0 Å². The maximum atomic E-state index is 9.53. The summed E-state index contributed by atoms with van der Waals surface area (Å²) < 4.78 is 0. The van der Waals surface area contributed by atoms with Gasteiger partial charge in [0.05, 0.1) is 5.60 Å². The van der Waals surface area contributed by atoms with Gasteiger partial charge in [0.15, 0.2) is 0 Å². The summed E-state index contributed by atoms with van der Waals surface area (Å²) in [5, 5.41) is 9.53. The Morgan fingerprint density at radius 2 is 1.80 bits per heavy atom. The van der Waals surface area contributed by atoms with Gasteiger partial charge >= 0.3 is 0 Å². The molecule has 0 amide bonds. The number of rotatable bonds is 6. The van der Waals surface area contributed by atoms with E-state index in [9.17, 15) is 5.11 Å². The van der Waals surface area contributed by atoms with Crippen LogP contribution < -0.4 is 0 Å². The van der Waals surface area contributed by atoms with E-state index in [1.807, 2.05) is 31.7 Å². The lowest BCUT2D eigenvalue weighted by molar-refractivity contribution is 0.0687. The van der Waals surface area contributed by atoms with E-state index < -0.39 is 5.60 Å². The van der Waals surface area contributed by atoms with E-state index in [0.29, 0.717) is 0 Å². The summed E-state index contributed by atoms with van der Waals surface area (Å²) in [6, 6.07) is 10.5. The zero-order valence-corrected chi connectivity index (χ0v) is 10.4. The smallest absolute Gasteiger partial charge is 0.0591 e. The van der Waals surface area contributed by atoms with Crippen molar-refractivity contribution < 1.29 is 5.11 Å². The van der Waals surface area contributed by atoms with Crippen molar-refractivity contribution in [2.24, 2.45) is 0 Å². The van der Waals surface area contributed by atoms with Crippen molar-refractivity contribution in [3.8, 4) is 0 Å². The van der Waals surface area contributed by atoms with Gasteiger partial charge in [-0.05, 0) is 51.0 Å². The highest BCUT2D eigenvalue weighted by atomic mass is 32.2. The predicted octanol–water partition coefficient (Wildman–Crippen LogP) is 3.72. The van der Waals surface area contributed by atoms with E-state index in [2.05, 4.69) is 24.3 Å². The number of unbranched alkanes of at least 4 members (excludes halogenated alkanes) is 1. The predicted molar refractivity (Wildman–Crippen MR) is 67.3 cm³/mol. The third kappa shape index (κ3) is 6.58. The molecule has 0 aliphatic rings. The van der Waals surface area contributed by atoms with Crippen molar-refractivity contribution in [1.82, 2.24) is 0 Å². The van der Waals surface area contributed by atoms with Gasteiger partial charge in [0.25, 0.3) is 0 Å². The lowest BCUT2D eigenvalue weighted by Gasteiger charge is -2.16. The molecule has 84 valence electrons. The SMILES string of the molecule is CC(C)(O)CCCCSc1ccccc1. The van der Waals surface area contributed by atoms with Gasteiger partial charge in [0, 0.05) is 4.90 Å². The molecule has 0 atom stereocenters. The quantitative estimate of drug-likeness (QED) is 0.587. The molecule has 0 spiro atoms. The van der Waals surface area contributed by atoms with Crippen LogP contribution in [-0.2, 0) is 0 Å². The Hall–Kier alpha value is -0.470. The standard InChI is InChI=1S/C13H20OS/c1-13(2,14)10-6-7-11-15-12-8-4-3-5-9-12/h3-5,8-9,14H,6-7,10-11H2,1-2H3. The van der Waals surface area contributed by atoms with Crippen LogP contribution in [0.5, 0.6) is 0 Å². The van der Waals surface area contributed by atoms with Crippen LogP contribution in [0.3, 0.4) is 0 Å². The van der Waals surface area contributed by atoms with Gasteiger partial charge in [-0.15, -0.1) is 11.8 Å². The normalized spacial score (nSPS) is 11.7. The van der Waals surface area contributed by atoms with E-state index in [-0.39, 0.29) is 0 Å². The fourth-order valence-electron chi connectivity index (χ4n) is 1.37. The first-order valence-corrected chi connectivity index (χ1v) is 6.47. The average Bonchev–Trinajstić information content (AvgIpc) is 2.17. The number of thioether (sulfide) groups is 1. The van der Waals surface area contributed by atoms with Gasteiger partial charge in [-0.3, -0.25) is 0 Å². The van der Waals surface area contributed by atoms with E-state index in [0.717, 1.165) is 18.6 Å². The Bertz CT molecular complexity index is 264. The zero-order chi connectivity index (χ0) is 11.1. The van der Waals surface area contributed by atoms with Crippen molar-refractivity contribution in [2.45, 2.75) is 43.6 Å². The molecule has 0 heterocycles. The van der Waals surface area contributed by atoms with Crippen LogP contribution in [0, 0.1) is 0 Å². The average molecular weight is 224 g/mol. The second kappa shape index (κ2) is 6.19. The van der Waals surface area contributed by atoms with Crippen molar-refractivity contribution in [3.63, 3.8) is 0 Å². The van der Waals surface area contributed by atoms with Crippen molar-refractivity contribution in [1.29, 1.82) is 0 Å². The molecule has 2 heteroatoms. The van der Waals surface area contributed by atoms with Crippen molar-refractivity contribution in [2.75, 3.05) is 5.75 Å². The molecule has 1 aromatic rings. The van der Waals surface area contributed by atoms with E-state index in [4.69, 9.17) is 0 Å². The minimum absolute atomic E-state index is 0.503. The first-order valence-electron chi connectivity index (χ1n) is 5.48. The molecule has 0 saturated carbocycles. The maximum Gasteiger partial charge on any atom is 0.0591 e. The van der Waals surface area contributed by atoms with Crippen molar-refractivity contribution >= 4 is 11.8 Å². The molecule has 0 aromatic heterocycles. The Labute approximate surface area is 96.9 Å². The third-order valence-corrected chi connectivity index (χ3v) is 3.29.